The third-order valence-corrected chi connectivity index (χ3v) is 7.64. The van der Waals surface area contributed by atoms with E-state index in [9.17, 15) is 9.59 Å². The molecule has 1 aliphatic heterocycles. The summed E-state index contributed by atoms with van der Waals surface area (Å²) in [7, 11) is 0. The van der Waals surface area contributed by atoms with Crippen molar-refractivity contribution in [1.82, 2.24) is 19.7 Å². The van der Waals surface area contributed by atoms with Crippen molar-refractivity contribution in [2.45, 2.75) is 40.3 Å². The number of piperazine rings is 1. The van der Waals surface area contributed by atoms with E-state index in [1.54, 1.807) is 4.90 Å². The van der Waals surface area contributed by atoms with Crippen molar-refractivity contribution in [2.75, 3.05) is 38.0 Å². The molecule has 0 radical (unpaired) electrons. The van der Waals surface area contributed by atoms with Gasteiger partial charge in [-0.1, -0.05) is 60.7 Å². The van der Waals surface area contributed by atoms with Gasteiger partial charge >= 0.3 is 6.03 Å². The largest absolute Gasteiger partial charge is 0.335 e. The number of rotatable bonds is 8. The molecular formula is C30H37N5O2S. The van der Waals surface area contributed by atoms with Crippen LogP contribution in [0.15, 0.2) is 60.0 Å². The van der Waals surface area contributed by atoms with Crippen LogP contribution in [0.4, 0.5) is 10.5 Å². The maximum atomic E-state index is 13.1. The molecule has 0 unspecified atom stereocenters. The summed E-state index contributed by atoms with van der Waals surface area (Å²) in [4.78, 5) is 36.9. The molecule has 0 saturated carbocycles. The van der Waals surface area contributed by atoms with E-state index in [-0.39, 0.29) is 18.0 Å². The summed E-state index contributed by atoms with van der Waals surface area (Å²) in [5.41, 5.74) is 4.54. The summed E-state index contributed by atoms with van der Waals surface area (Å²) >= 11 is 1.43. The van der Waals surface area contributed by atoms with Crippen LogP contribution in [0.5, 0.6) is 0 Å². The quantitative estimate of drug-likeness (QED) is 0.406. The van der Waals surface area contributed by atoms with Crippen LogP contribution in [0.1, 0.15) is 46.0 Å². The van der Waals surface area contributed by atoms with Crippen molar-refractivity contribution < 1.29 is 9.59 Å². The lowest BCUT2D eigenvalue weighted by molar-refractivity contribution is 0.0645. The number of anilines is 1. The maximum absolute atomic E-state index is 13.1. The van der Waals surface area contributed by atoms with E-state index in [4.69, 9.17) is 0 Å². The van der Waals surface area contributed by atoms with E-state index in [1.807, 2.05) is 74.4 Å². The highest BCUT2D eigenvalue weighted by Gasteiger charge is 2.25. The van der Waals surface area contributed by atoms with E-state index in [0.29, 0.717) is 25.3 Å². The van der Waals surface area contributed by atoms with Crippen molar-refractivity contribution in [1.29, 1.82) is 0 Å². The normalized spacial score (nSPS) is 14.3. The molecule has 4 rings (SSSR count). The van der Waals surface area contributed by atoms with E-state index in [0.717, 1.165) is 41.5 Å². The Hall–Kier alpha value is -3.49. The van der Waals surface area contributed by atoms with Gasteiger partial charge in [-0.3, -0.25) is 9.69 Å². The molecule has 1 saturated heterocycles. The van der Waals surface area contributed by atoms with Gasteiger partial charge < -0.3 is 15.1 Å². The second kappa shape index (κ2) is 12.8. The highest BCUT2D eigenvalue weighted by atomic mass is 32.1. The lowest BCUT2D eigenvalue weighted by Crippen LogP contribution is -2.48. The van der Waals surface area contributed by atoms with Gasteiger partial charge in [0.25, 0.3) is 5.91 Å². The number of urea groups is 1. The summed E-state index contributed by atoms with van der Waals surface area (Å²) in [5.74, 6) is -0.0388. The molecule has 7 nitrogen and oxygen atoms in total. The van der Waals surface area contributed by atoms with Gasteiger partial charge in [0.15, 0.2) is 0 Å². The van der Waals surface area contributed by atoms with Crippen LogP contribution in [0.2, 0.25) is 0 Å². The number of para-hydroxylation sites is 1. The van der Waals surface area contributed by atoms with E-state index >= 15 is 0 Å². The number of aryl methyl sites for hydroxylation is 2. The summed E-state index contributed by atoms with van der Waals surface area (Å²) in [6.07, 6.45) is 4.31. The number of nitrogens with one attached hydrogen (secondary N) is 1. The van der Waals surface area contributed by atoms with Gasteiger partial charge in [-0.05, 0) is 44.4 Å². The number of thiazole rings is 1. The van der Waals surface area contributed by atoms with Crippen molar-refractivity contribution in [2.24, 2.45) is 0 Å². The first-order valence-corrected chi connectivity index (χ1v) is 14.0. The third-order valence-electron chi connectivity index (χ3n) is 6.81. The monoisotopic (exact) mass is 531 g/mol. The third kappa shape index (κ3) is 7.08. The van der Waals surface area contributed by atoms with Gasteiger partial charge in [-0.25, -0.2) is 9.78 Å². The van der Waals surface area contributed by atoms with E-state index < -0.39 is 0 Å². The predicted molar refractivity (Wildman–Crippen MR) is 156 cm³/mol. The molecule has 0 atom stereocenters. The number of aromatic nitrogens is 1. The molecule has 0 bridgehead atoms. The van der Waals surface area contributed by atoms with Crippen LogP contribution in [-0.2, 0) is 6.54 Å². The molecule has 3 amide bonds. The zero-order valence-corrected chi connectivity index (χ0v) is 23.5. The van der Waals surface area contributed by atoms with Crippen LogP contribution < -0.4 is 5.32 Å². The molecule has 2 aromatic carbocycles. The minimum atomic E-state index is -0.169. The molecular weight excluding hydrogens is 494 g/mol. The molecule has 0 aliphatic carbocycles. The minimum Gasteiger partial charge on any atom is -0.335 e. The Kier molecular flexibility index (Phi) is 9.31. The van der Waals surface area contributed by atoms with Gasteiger partial charge in [0, 0.05) is 49.8 Å². The zero-order chi connectivity index (χ0) is 27.1. The van der Waals surface area contributed by atoms with E-state index in [1.165, 1.54) is 16.9 Å². The van der Waals surface area contributed by atoms with Crippen LogP contribution >= 0.6 is 11.3 Å². The Morgan fingerprint density at radius 3 is 2.37 bits per heavy atom. The Morgan fingerprint density at radius 1 is 1.03 bits per heavy atom. The average Bonchev–Trinajstić information content (AvgIpc) is 3.38. The van der Waals surface area contributed by atoms with Gasteiger partial charge in [0.2, 0.25) is 0 Å². The fraction of sp³-hybridized carbons (Fsp3) is 0.367. The van der Waals surface area contributed by atoms with Crippen LogP contribution in [0.25, 0.3) is 6.08 Å². The summed E-state index contributed by atoms with van der Waals surface area (Å²) in [6.45, 7) is 12.2. The second-order valence-corrected chi connectivity index (χ2v) is 10.9. The van der Waals surface area contributed by atoms with Gasteiger partial charge in [-0.15, -0.1) is 11.3 Å². The molecule has 3 aromatic rings. The summed E-state index contributed by atoms with van der Waals surface area (Å²) < 4.78 is 0. The zero-order valence-electron chi connectivity index (χ0n) is 22.7. The standard InChI is InChI=1S/C30H37N5O2S/c1-22(2)35(30(37)32-28-23(3)10-8-11-24(28)4)20-27-31-26(21-38-27)29(36)34-18-16-33(17-19-34)15-9-14-25-12-6-5-7-13-25/h5-14,21-22H,15-20H2,1-4H3,(H,32,37)/b14-9+. The van der Waals surface area contributed by atoms with Crippen LogP contribution in [0.3, 0.4) is 0 Å². The number of benzene rings is 2. The number of carbonyl (C=O) groups excluding carboxylic acids is 2. The molecule has 2 heterocycles. The molecule has 0 spiro atoms. The molecule has 200 valence electrons. The van der Waals surface area contributed by atoms with Crippen molar-refractivity contribution >= 4 is 35.0 Å². The molecule has 1 aromatic heterocycles. The average molecular weight is 532 g/mol. The number of hydrogen-bond acceptors (Lipinski definition) is 5. The highest BCUT2D eigenvalue weighted by Crippen LogP contribution is 2.22. The first kappa shape index (κ1) is 27.5. The number of amides is 3. The topological polar surface area (TPSA) is 68.8 Å². The second-order valence-electron chi connectivity index (χ2n) is 9.95. The number of carbonyl (C=O) groups is 2. The Balaban J connectivity index is 1.30. The minimum absolute atomic E-state index is 0.0219. The molecule has 38 heavy (non-hydrogen) atoms. The fourth-order valence-electron chi connectivity index (χ4n) is 4.50. The number of hydrogen-bond donors (Lipinski definition) is 1. The lowest BCUT2D eigenvalue weighted by atomic mass is 10.1. The molecule has 1 N–H and O–H groups in total. The first-order chi connectivity index (χ1) is 18.3. The number of nitrogens with zero attached hydrogens (tertiary/aromatic N) is 4. The Bertz CT molecular complexity index is 1240. The Morgan fingerprint density at radius 2 is 1.71 bits per heavy atom. The highest BCUT2D eigenvalue weighted by molar-refractivity contribution is 7.09. The summed E-state index contributed by atoms with van der Waals surface area (Å²) in [5, 5.41) is 5.64. The van der Waals surface area contributed by atoms with E-state index in [2.05, 4.69) is 39.5 Å². The van der Waals surface area contributed by atoms with Crippen molar-refractivity contribution in [3.63, 3.8) is 0 Å². The van der Waals surface area contributed by atoms with Crippen LogP contribution in [0, 0.1) is 13.8 Å². The molecule has 8 heteroatoms. The van der Waals surface area contributed by atoms with Crippen LogP contribution in [-0.4, -0.2) is 70.4 Å². The first-order valence-electron chi connectivity index (χ1n) is 13.1. The summed E-state index contributed by atoms with van der Waals surface area (Å²) in [6, 6.07) is 16.0. The molecule has 1 fully saturated rings. The van der Waals surface area contributed by atoms with Crippen molar-refractivity contribution in [3.8, 4) is 0 Å². The predicted octanol–water partition coefficient (Wildman–Crippen LogP) is 5.67. The van der Waals surface area contributed by atoms with Gasteiger partial charge in [0.1, 0.15) is 10.7 Å². The fourth-order valence-corrected chi connectivity index (χ4v) is 5.27. The van der Waals surface area contributed by atoms with Gasteiger partial charge in [-0.2, -0.15) is 0 Å². The molecule has 1 aliphatic rings. The Labute approximate surface area is 229 Å². The smallest absolute Gasteiger partial charge is 0.322 e. The maximum Gasteiger partial charge on any atom is 0.322 e. The van der Waals surface area contributed by atoms with Gasteiger partial charge in [0.05, 0.1) is 6.54 Å². The van der Waals surface area contributed by atoms with Crippen molar-refractivity contribution in [3.05, 3.63) is 87.4 Å². The lowest BCUT2D eigenvalue weighted by Gasteiger charge is -2.33. The SMILES string of the molecule is Cc1cccc(C)c1NC(=O)N(Cc1nc(C(=O)N2CCN(C/C=C/c3ccccc3)CC2)cs1)C(C)C.